The molecule has 0 aliphatic carbocycles. The van der Waals surface area contributed by atoms with E-state index in [1.54, 1.807) is 55.5 Å². The first kappa shape index (κ1) is 23.3. The molecule has 1 N–H and O–H groups in total. The summed E-state index contributed by atoms with van der Waals surface area (Å²) in [6.07, 6.45) is 0. The van der Waals surface area contributed by atoms with Gasteiger partial charge in [0.1, 0.15) is 6.54 Å². The molecule has 0 saturated carbocycles. The van der Waals surface area contributed by atoms with Crippen LogP contribution < -0.4 is 9.62 Å². The normalized spacial score (nSPS) is 10.9. The molecule has 7 nitrogen and oxygen atoms in total. The molecule has 3 rings (SSSR count). The number of hydrogen-bond acceptors (Lipinski definition) is 5. The maximum Gasteiger partial charge on any atom is 0.340 e. The van der Waals surface area contributed by atoms with Crippen molar-refractivity contribution in [2.45, 2.75) is 11.8 Å². The molecule has 32 heavy (non-hydrogen) atoms. The summed E-state index contributed by atoms with van der Waals surface area (Å²) in [5, 5.41) is 3.04. The molecule has 166 valence electrons. The Morgan fingerprint density at radius 1 is 0.938 bits per heavy atom. The largest absolute Gasteiger partial charge is 0.462 e. The van der Waals surface area contributed by atoms with Gasteiger partial charge in [-0.05, 0) is 55.5 Å². The number of rotatable bonds is 8. The van der Waals surface area contributed by atoms with E-state index in [1.807, 2.05) is 0 Å². The summed E-state index contributed by atoms with van der Waals surface area (Å²) in [6.45, 7) is 1.34. The van der Waals surface area contributed by atoms with Crippen LogP contribution in [-0.4, -0.2) is 33.4 Å². The molecule has 0 atom stereocenters. The van der Waals surface area contributed by atoms with E-state index in [-0.39, 0.29) is 28.4 Å². The fraction of sp³-hybridized carbons (Fsp3) is 0.130. The van der Waals surface area contributed by atoms with Gasteiger partial charge >= 0.3 is 5.97 Å². The summed E-state index contributed by atoms with van der Waals surface area (Å²) in [5.74, 6) is -1.22. The highest BCUT2D eigenvalue weighted by atomic mass is 35.5. The highest BCUT2D eigenvalue weighted by Crippen LogP contribution is 2.25. The van der Waals surface area contributed by atoms with Crippen molar-refractivity contribution in [2.24, 2.45) is 0 Å². The van der Waals surface area contributed by atoms with Crippen LogP contribution in [0.15, 0.2) is 83.8 Å². The lowest BCUT2D eigenvalue weighted by Crippen LogP contribution is -2.38. The number of benzene rings is 3. The van der Waals surface area contributed by atoms with E-state index in [4.69, 9.17) is 16.3 Å². The molecule has 0 heterocycles. The third-order valence-electron chi connectivity index (χ3n) is 4.43. The molecule has 0 spiro atoms. The molecule has 9 heteroatoms. The zero-order valence-electron chi connectivity index (χ0n) is 17.2. The lowest BCUT2D eigenvalue weighted by Gasteiger charge is -2.24. The SMILES string of the molecule is CCOC(=O)c1ccccc1NC(=O)CN(c1ccc(Cl)cc1)S(=O)(=O)c1ccccc1. The van der Waals surface area contributed by atoms with Crippen molar-refractivity contribution in [1.29, 1.82) is 0 Å². The first-order valence-electron chi connectivity index (χ1n) is 9.72. The summed E-state index contributed by atoms with van der Waals surface area (Å²) < 4.78 is 32.6. The van der Waals surface area contributed by atoms with E-state index >= 15 is 0 Å². The second-order valence-corrected chi connectivity index (χ2v) is 8.91. The van der Waals surface area contributed by atoms with Crippen molar-refractivity contribution in [3.63, 3.8) is 0 Å². The Bertz CT molecular complexity index is 1200. The van der Waals surface area contributed by atoms with Gasteiger partial charge in [0.05, 0.1) is 28.4 Å². The number of ether oxygens (including phenoxy) is 1. The van der Waals surface area contributed by atoms with Crippen molar-refractivity contribution in [3.8, 4) is 0 Å². The van der Waals surface area contributed by atoms with E-state index in [0.29, 0.717) is 5.02 Å². The fourth-order valence-electron chi connectivity index (χ4n) is 2.94. The average molecular weight is 473 g/mol. The number of anilines is 2. The number of nitrogens with one attached hydrogen (secondary N) is 1. The minimum absolute atomic E-state index is 0.0367. The summed E-state index contributed by atoms with van der Waals surface area (Å²) in [6, 6.07) is 20.3. The predicted molar refractivity (Wildman–Crippen MR) is 123 cm³/mol. The summed E-state index contributed by atoms with van der Waals surface area (Å²) in [7, 11) is -4.05. The Morgan fingerprint density at radius 2 is 1.56 bits per heavy atom. The van der Waals surface area contributed by atoms with Gasteiger partial charge in [-0.2, -0.15) is 0 Å². The minimum atomic E-state index is -4.05. The quantitative estimate of drug-likeness (QED) is 0.492. The molecule has 0 saturated heterocycles. The van der Waals surface area contributed by atoms with Crippen LogP contribution in [0.1, 0.15) is 17.3 Å². The van der Waals surface area contributed by atoms with Gasteiger partial charge < -0.3 is 10.1 Å². The summed E-state index contributed by atoms with van der Waals surface area (Å²) in [4.78, 5) is 25.1. The number of nitrogens with zero attached hydrogens (tertiary/aromatic N) is 1. The van der Waals surface area contributed by atoms with Gasteiger partial charge in [-0.25, -0.2) is 13.2 Å². The van der Waals surface area contributed by atoms with Crippen LogP contribution in [0.3, 0.4) is 0 Å². The van der Waals surface area contributed by atoms with Crippen molar-refractivity contribution in [2.75, 3.05) is 22.8 Å². The van der Waals surface area contributed by atoms with E-state index in [2.05, 4.69) is 5.32 Å². The number of hydrogen-bond donors (Lipinski definition) is 1. The van der Waals surface area contributed by atoms with Crippen molar-refractivity contribution < 1.29 is 22.7 Å². The molecular weight excluding hydrogens is 452 g/mol. The van der Waals surface area contributed by atoms with Gasteiger partial charge in [0, 0.05) is 5.02 Å². The van der Waals surface area contributed by atoms with Gasteiger partial charge in [-0.3, -0.25) is 9.10 Å². The Balaban J connectivity index is 1.92. The van der Waals surface area contributed by atoms with Crippen LogP contribution in [0.2, 0.25) is 5.02 Å². The molecule has 0 unspecified atom stereocenters. The number of amides is 1. The Kier molecular flexibility index (Phi) is 7.50. The smallest absolute Gasteiger partial charge is 0.340 e. The van der Waals surface area contributed by atoms with Gasteiger partial charge in [-0.1, -0.05) is 41.9 Å². The minimum Gasteiger partial charge on any atom is -0.462 e. The summed E-state index contributed by atoms with van der Waals surface area (Å²) >= 11 is 5.94. The lowest BCUT2D eigenvalue weighted by molar-refractivity contribution is -0.114. The van der Waals surface area contributed by atoms with Gasteiger partial charge in [-0.15, -0.1) is 0 Å². The maximum absolute atomic E-state index is 13.3. The first-order chi connectivity index (χ1) is 15.3. The van der Waals surface area contributed by atoms with Crippen LogP contribution >= 0.6 is 11.6 Å². The average Bonchev–Trinajstić information content (AvgIpc) is 2.79. The molecule has 0 bridgehead atoms. The molecule has 3 aromatic rings. The number of sulfonamides is 1. The van der Waals surface area contributed by atoms with Crippen LogP contribution in [0.25, 0.3) is 0 Å². The fourth-order valence-corrected chi connectivity index (χ4v) is 4.51. The van der Waals surface area contributed by atoms with Crippen LogP contribution in [0.5, 0.6) is 0 Å². The molecule has 0 fully saturated rings. The van der Waals surface area contributed by atoms with Crippen LogP contribution in [0.4, 0.5) is 11.4 Å². The number of para-hydroxylation sites is 1. The van der Waals surface area contributed by atoms with Crippen LogP contribution in [-0.2, 0) is 19.6 Å². The second-order valence-electron chi connectivity index (χ2n) is 6.62. The van der Waals surface area contributed by atoms with Crippen molar-refractivity contribution >= 4 is 44.9 Å². The van der Waals surface area contributed by atoms with E-state index in [0.717, 1.165) is 4.31 Å². The third kappa shape index (κ3) is 5.46. The van der Waals surface area contributed by atoms with Crippen molar-refractivity contribution in [3.05, 3.63) is 89.4 Å². The highest BCUT2D eigenvalue weighted by Gasteiger charge is 2.27. The van der Waals surface area contributed by atoms with E-state index in [1.165, 1.54) is 30.3 Å². The van der Waals surface area contributed by atoms with Gasteiger partial charge in [0.15, 0.2) is 0 Å². The monoisotopic (exact) mass is 472 g/mol. The Morgan fingerprint density at radius 3 is 2.22 bits per heavy atom. The molecule has 0 aliphatic heterocycles. The van der Waals surface area contributed by atoms with Gasteiger partial charge in [0.25, 0.3) is 10.0 Å². The maximum atomic E-state index is 13.3. The first-order valence-corrected chi connectivity index (χ1v) is 11.5. The third-order valence-corrected chi connectivity index (χ3v) is 6.47. The number of halogens is 1. The van der Waals surface area contributed by atoms with E-state index in [9.17, 15) is 18.0 Å². The Hall–Kier alpha value is -3.36. The predicted octanol–water partition coefficient (Wildman–Crippen LogP) is 4.35. The molecule has 1 amide bonds. The molecule has 0 aliphatic rings. The highest BCUT2D eigenvalue weighted by molar-refractivity contribution is 7.92. The van der Waals surface area contributed by atoms with Crippen LogP contribution in [0, 0.1) is 0 Å². The molecule has 0 aromatic heterocycles. The summed E-state index contributed by atoms with van der Waals surface area (Å²) in [5.41, 5.74) is 0.669. The number of carbonyl (C=O) groups is 2. The van der Waals surface area contributed by atoms with Gasteiger partial charge in [0.2, 0.25) is 5.91 Å². The van der Waals surface area contributed by atoms with Crippen molar-refractivity contribution in [1.82, 2.24) is 0 Å². The second kappa shape index (κ2) is 10.3. The Labute approximate surface area is 191 Å². The lowest BCUT2D eigenvalue weighted by atomic mass is 10.2. The molecule has 3 aromatic carbocycles. The molecule has 0 radical (unpaired) electrons. The zero-order chi connectivity index (χ0) is 23.1. The standard InChI is InChI=1S/C23H21ClN2O5S/c1-2-31-23(28)20-10-6-7-11-21(20)25-22(27)16-26(18-14-12-17(24)13-15-18)32(29,30)19-8-4-3-5-9-19/h3-15H,2,16H2,1H3,(H,25,27). The topological polar surface area (TPSA) is 92.8 Å². The van der Waals surface area contributed by atoms with E-state index < -0.39 is 28.4 Å². The number of carbonyl (C=O) groups excluding carboxylic acids is 2. The zero-order valence-corrected chi connectivity index (χ0v) is 18.8. The number of esters is 1. The molecular formula is C23H21ClN2O5S.